The number of aliphatic hydroxyl groups is 1. The van der Waals surface area contributed by atoms with E-state index >= 15 is 0 Å². The van der Waals surface area contributed by atoms with Crippen molar-refractivity contribution >= 4 is 0 Å². The van der Waals surface area contributed by atoms with Crippen LogP contribution in [0.15, 0.2) is 12.4 Å². The molecule has 1 aromatic heterocycles. The first-order chi connectivity index (χ1) is 7.44. The fourth-order valence-electron chi connectivity index (χ4n) is 1.20. The third-order valence-electron chi connectivity index (χ3n) is 2.13. The van der Waals surface area contributed by atoms with Gasteiger partial charge in [-0.05, 0) is 13.8 Å². The van der Waals surface area contributed by atoms with Gasteiger partial charge in [0.25, 0.3) is 5.92 Å². The molecule has 0 fully saturated rings. The standard InChI is InChI=1S/C10H17F2N3O/c1-8(2)15-5-9(4-14-15)3-13-6-10(11,12)7-16/h4-5,8,13,16H,3,6-7H2,1-2H3. The number of nitrogens with zero attached hydrogens (tertiary/aromatic N) is 2. The van der Waals surface area contributed by atoms with E-state index in [1.54, 1.807) is 10.9 Å². The van der Waals surface area contributed by atoms with Crippen LogP contribution < -0.4 is 5.32 Å². The fraction of sp³-hybridized carbons (Fsp3) is 0.700. The van der Waals surface area contributed by atoms with Crippen LogP contribution in [0.2, 0.25) is 0 Å². The lowest BCUT2D eigenvalue weighted by molar-refractivity contribution is -0.0477. The van der Waals surface area contributed by atoms with Gasteiger partial charge in [0.2, 0.25) is 0 Å². The molecule has 92 valence electrons. The molecule has 0 aliphatic heterocycles. The van der Waals surface area contributed by atoms with Gasteiger partial charge in [-0.2, -0.15) is 5.10 Å². The second-order valence-electron chi connectivity index (χ2n) is 4.04. The van der Waals surface area contributed by atoms with Crippen molar-refractivity contribution in [3.8, 4) is 0 Å². The molecule has 0 amide bonds. The molecule has 0 atom stereocenters. The molecule has 1 heterocycles. The maximum absolute atomic E-state index is 12.7. The minimum absolute atomic E-state index is 0.257. The molecule has 0 aliphatic rings. The molecule has 0 spiro atoms. The Hall–Kier alpha value is -1.01. The second kappa shape index (κ2) is 5.36. The number of aromatic nitrogens is 2. The van der Waals surface area contributed by atoms with Crippen molar-refractivity contribution in [3.05, 3.63) is 18.0 Å². The highest BCUT2D eigenvalue weighted by atomic mass is 19.3. The third kappa shape index (κ3) is 3.86. The Labute approximate surface area is 93.3 Å². The van der Waals surface area contributed by atoms with Gasteiger partial charge in [-0.3, -0.25) is 4.68 Å². The average molecular weight is 233 g/mol. The number of hydrogen-bond acceptors (Lipinski definition) is 3. The lowest BCUT2D eigenvalue weighted by atomic mass is 10.3. The summed E-state index contributed by atoms with van der Waals surface area (Å²) in [6.07, 6.45) is 3.46. The molecule has 1 aromatic rings. The van der Waals surface area contributed by atoms with E-state index in [0.29, 0.717) is 6.54 Å². The Bertz CT molecular complexity index is 326. The maximum atomic E-state index is 12.7. The van der Waals surface area contributed by atoms with E-state index in [4.69, 9.17) is 5.11 Å². The zero-order valence-electron chi connectivity index (χ0n) is 9.45. The lowest BCUT2D eigenvalue weighted by Gasteiger charge is -2.13. The number of rotatable bonds is 6. The highest BCUT2D eigenvalue weighted by molar-refractivity contribution is 5.03. The van der Waals surface area contributed by atoms with Crippen LogP contribution in [-0.4, -0.2) is 34.0 Å². The molecule has 0 unspecified atom stereocenters. The summed E-state index contributed by atoms with van der Waals surface area (Å²) in [5, 5.41) is 15.0. The number of hydrogen-bond donors (Lipinski definition) is 2. The molecular weight excluding hydrogens is 216 g/mol. The van der Waals surface area contributed by atoms with Gasteiger partial charge in [-0.25, -0.2) is 8.78 Å². The first-order valence-corrected chi connectivity index (χ1v) is 5.17. The largest absolute Gasteiger partial charge is 0.390 e. The molecule has 0 aromatic carbocycles. The number of aliphatic hydroxyl groups excluding tert-OH is 1. The molecule has 2 N–H and O–H groups in total. The highest BCUT2D eigenvalue weighted by Crippen LogP contribution is 2.10. The van der Waals surface area contributed by atoms with E-state index < -0.39 is 19.1 Å². The van der Waals surface area contributed by atoms with Gasteiger partial charge < -0.3 is 10.4 Å². The first kappa shape index (κ1) is 13.1. The van der Waals surface area contributed by atoms with E-state index in [1.165, 1.54) is 0 Å². The summed E-state index contributed by atoms with van der Waals surface area (Å²) in [5.41, 5.74) is 0.849. The Morgan fingerprint density at radius 3 is 2.75 bits per heavy atom. The fourth-order valence-corrected chi connectivity index (χ4v) is 1.20. The molecule has 0 aliphatic carbocycles. The normalized spacial score (nSPS) is 12.4. The van der Waals surface area contributed by atoms with Crippen LogP contribution in [0, 0.1) is 0 Å². The minimum Gasteiger partial charge on any atom is -0.390 e. The van der Waals surface area contributed by atoms with Gasteiger partial charge >= 0.3 is 0 Å². The van der Waals surface area contributed by atoms with Gasteiger partial charge in [0.1, 0.15) is 6.61 Å². The monoisotopic (exact) mass is 233 g/mol. The van der Waals surface area contributed by atoms with Crippen LogP contribution >= 0.6 is 0 Å². The highest BCUT2D eigenvalue weighted by Gasteiger charge is 2.26. The van der Waals surface area contributed by atoms with Crippen LogP contribution in [0.4, 0.5) is 8.78 Å². The summed E-state index contributed by atoms with van der Waals surface area (Å²) in [5.74, 6) is -3.06. The molecule has 1 rings (SSSR count). The van der Waals surface area contributed by atoms with Crippen LogP contribution in [0.25, 0.3) is 0 Å². The molecule has 16 heavy (non-hydrogen) atoms. The van der Waals surface area contributed by atoms with E-state index in [9.17, 15) is 8.78 Å². The maximum Gasteiger partial charge on any atom is 0.282 e. The molecular formula is C10H17F2N3O. The second-order valence-corrected chi connectivity index (χ2v) is 4.04. The molecule has 0 bridgehead atoms. The van der Waals surface area contributed by atoms with Crippen molar-refractivity contribution in [2.75, 3.05) is 13.2 Å². The van der Waals surface area contributed by atoms with Crippen molar-refractivity contribution < 1.29 is 13.9 Å². The molecule has 0 radical (unpaired) electrons. The Kier molecular flexibility index (Phi) is 4.37. The zero-order chi connectivity index (χ0) is 12.2. The van der Waals surface area contributed by atoms with Gasteiger partial charge in [0, 0.05) is 24.3 Å². The van der Waals surface area contributed by atoms with Crippen LogP contribution in [-0.2, 0) is 6.54 Å². The number of nitrogens with one attached hydrogen (secondary N) is 1. The number of alkyl halides is 2. The van der Waals surface area contributed by atoms with E-state index in [0.717, 1.165) is 5.56 Å². The lowest BCUT2D eigenvalue weighted by Crippen LogP contribution is -2.35. The average Bonchev–Trinajstić information content (AvgIpc) is 2.66. The summed E-state index contributed by atoms with van der Waals surface area (Å²) >= 11 is 0. The molecule has 0 saturated heterocycles. The van der Waals surface area contributed by atoms with Crippen molar-refractivity contribution in [1.82, 2.24) is 15.1 Å². The molecule has 6 heteroatoms. The quantitative estimate of drug-likeness (QED) is 0.775. The third-order valence-corrected chi connectivity index (χ3v) is 2.13. The SMILES string of the molecule is CC(C)n1cc(CNCC(F)(F)CO)cn1. The van der Waals surface area contributed by atoms with Crippen LogP contribution in [0.3, 0.4) is 0 Å². The zero-order valence-corrected chi connectivity index (χ0v) is 9.45. The predicted molar refractivity (Wildman–Crippen MR) is 56.4 cm³/mol. The minimum atomic E-state index is -3.06. The van der Waals surface area contributed by atoms with Crippen molar-refractivity contribution in [2.24, 2.45) is 0 Å². The molecule has 0 saturated carbocycles. The van der Waals surface area contributed by atoms with Crippen molar-refractivity contribution in [3.63, 3.8) is 0 Å². The van der Waals surface area contributed by atoms with Crippen LogP contribution in [0.1, 0.15) is 25.5 Å². The summed E-state index contributed by atoms with van der Waals surface area (Å²) in [4.78, 5) is 0. The van der Waals surface area contributed by atoms with E-state index in [-0.39, 0.29) is 6.04 Å². The Balaban J connectivity index is 2.37. The summed E-state index contributed by atoms with van der Waals surface area (Å²) < 4.78 is 27.1. The summed E-state index contributed by atoms with van der Waals surface area (Å²) in [7, 11) is 0. The van der Waals surface area contributed by atoms with Crippen molar-refractivity contribution in [2.45, 2.75) is 32.4 Å². The first-order valence-electron chi connectivity index (χ1n) is 5.17. The summed E-state index contributed by atoms with van der Waals surface area (Å²) in [6.45, 7) is 2.64. The van der Waals surface area contributed by atoms with Gasteiger partial charge in [0.05, 0.1) is 12.7 Å². The van der Waals surface area contributed by atoms with Gasteiger partial charge in [0.15, 0.2) is 0 Å². The predicted octanol–water partition coefficient (Wildman–Crippen LogP) is 1.18. The van der Waals surface area contributed by atoms with Crippen molar-refractivity contribution in [1.29, 1.82) is 0 Å². The van der Waals surface area contributed by atoms with Gasteiger partial charge in [-0.15, -0.1) is 0 Å². The number of halogens is 2. The van der Waals surface area contributed by atoms with E-state index in [1.807, 2.05) is 20.0 Å². The topological polar surface area (TPSA) is 50.1 Å². The smallest absolute Gasteiger partial charge is 0.282 e. The molecule has 4 nitrogen and oxygen atoms in total. The Morgan fingerprint density at radius 1 is 1.56 bits per heavy atom. The summed E-state index contributed by atoms with van der Waals surface area (Å²) in [6, 6.07) is 0.257. The van der Waals surface area contributed by atoms with Crippen LogP contribution in [0.5, 0.6) is 0 Å². The van der Waals surface area contributed by atoms with E-state index in [2.05, 4.69) is 10.4 Å². The van der Waals surface area contributed by atoms with Gasteiger partial charge in [-0.1, -0.05) is 0 Å². The Morgan fingerprint density at radius 2 is 2.25 bits per heavy atom.